The van der Waals surface area contributed by atoms with E-state index < -0.39 is 5.91 Å². The van der Waals surface area contributed by atoms with Crippen LogP contribution in [0, 0.1) is 13.8 Å². The van der Waals surface area contributed by atoms with Crippen molar-refractivity contribution in [3.05, 3.63) is 77.1 Å². The third kappa shape index (κ3) is 6.98. The number of nitrogens with one attached hydrogen (secondary N) is 2. The highest BCUT2D eigenvalue weighted by Gasteiger charge is 2.09. The van der Waals surface area contributed by atoms with Crippen LogP contribution in [0.15, 0.2) is 59.6 Å². The van der Waals surface area contributed by atoms with E-state index >= 15 is 0 Å². The van der Waals surface area contributed by atoms with Crippen molar-refractivity contribution in [2.75, 3.05) is 13.7 Å². The number of nitrogens with zero attached hydrogens (tertiary/aromatic N) is 3. The van der Waals surface area contributed by atoms with Crippen molar-refractivity contribution in [1.82, 2.24) is 20.4 Å². The molecule has 8 nitrogen and oxygen atoms in total. The number of guanidine groups is 1. The van der Waals surface area contributed by atoms with Crippen LogP contribution in [0.4, 0.5) is 0 Å². The van der Waals surface area contributed by atoms with Gasteiger partial charge in [0.25, 0.3) is 5.91 Å². The van der Waals surface area contributed by atoms with Crippen LogP contribution in [0.25, 0.3) is 5.69 Å². The largest absolute Gasteiger partial charge is 0.484 e. The first-order valence-corrected chi connectivity index (χ1v) is 10.0. The van der Waals surface area contributed by atoms with Crippen molar-refractivity contribution in [3.63, 3.8) is 0 Å². The van der Waals surface area contributed by atoms with E-state index in [1.54, 1.807) is 13.1 Å². The molecule has 3 aromatic rings. The Bertz CT molecular complexity index is 1080. The minimum absolute atomic E-state index is 0. The van der Waals surface area contributed by atoms with Gasteiger partial charge in [-0.15, -0.1) is 24.0 Å². The second-order valence-electron chi connectivity index (χ2n) is 7.15. The number of halogens is 1. The molecule has 0 spiro atoms. The molecular weight excluding hydrogens is 519 g/mol. The number of ether oxygens (including phenoxy) is 1. The molecule has 9 heteroatoms. The molecule has 32 heavy (non-hydrogen) atoms. The molecule has 4 N–H and O–H groups in total. The lowest BCUT2D eigenvalue weighted by Crippen LogP contribution is -2.36. The molecule has 1 amide bonds. The Kier molecular flexibility index (Phi) is 9.51. The molecular formula is C23H29IN6O2. The Morgan fingerprint density at radius 3 is 2.53 bits per heavy atom. The molecule has 0 atom stereocenters. The van der Waals surface area contributed by atoms with Gasteiger partial charge in [0.15, 0.2) is 12.6 Å². The Labute approximate surface area is 205 Å². The van der Waals surface area contributed by atoms with Gasteiger partial charge in [0, 0.05) is 25.8 Å². The van der Waals surface area contributed by atoms with E-state index in [-0.39, 0.29) is 30.6 Å². The fourth-order valence-corrected chi connectivity index (χ4v) is 3.22. The number of benzene rings is 2. The highest BCUT2D eigenvalue weighted by Crippen LogP contribution is 2.17. The molecule has 0 unspecified atom stereocenters. The number of hydrogen-bond donors (Lipinski definition) is 3. The van der Waals surface area contributed by atoms with Crippen molar-refractivity contribution in [2.24, 2.45) is 10.7 Å². The summed E-state index contributed by atoms with van der Waals surface area (Å²) in [5.41, 5.74) is 10.3. The van der Waals surface area contributed by atoms with Crippen molar-refractivity contribution in [2.45, 2.75) is 26.9 Å². The van der Waals surface area contributed by atoms with Crippen molar-refractivity contribution in [1.29, 1.82) is 0 Å². The number of aliphatic imine (C=N–C) groups is 1. The predicted octanol–water partition coefficient (Wildman–Crippen LogP) is 2.84. The average molecular weight is 548 g/mol. The van der Waals surface area contributed by atoms with Crippen LogP contribution >= 0.6 is 24.0 Å². The maximum absolute atomic E-state index is 10.9. The SMILES string of the molecule is CN=C(NCc1cccc(OCC(N)=O)c1)NCc1ccccc1-n1nc(C)cc1C.I. The predicted molar refractivity (Wildman–Crippen MR) is 137 cm³/mol. The second-order valence-corrected chi connectivity index (χ2v) is 7.15. The molecule has 3 rings (SSSR count). The normalized spacial score (nSPS) is 10.9. The van der Waals surface area contributed by atoms with Gasteiger partial charge in [0.2, 0.25) is 0 Å². The molecule has 2 aromatic carbocycles. The molecule has 1 heterocycles. The number of nitrogens with two attached hydrogens (primary N) is 1. The van der Waals surface area contributed by atoms with Gasteiger partial charge in [-0.1, -0.05) is 30.3 Å². The summed E-state index contributed by atoms with van der Waals surface area (Å²) in [6.07, 6.45) is 0. The summed E-state index contributed by atoms with van der Waals surface area (Å²) in [7, 11) is 1.73. The minimum atomic E-state index is -0.506. The van der Waals surface area contributed by atoms with Crippen LogP contribution in [0.1, 0.15) is 22.5 Å². The quantitative estimate of drug-likeness (QED) is 0.228. The lowest BCUT2D eigenvalue weighted by Gasteiger charge is -2.15. The molecule has 0 saturated heterocycles. The monoisotopic (exact) mass is 548 g/mol. The van der Waals surface area contributed by atoms with E-state index in [2.05, 4.69) is 38.9 Å². The standard InChI is InChI=1S/C23H28N6O2.HI/c1-16-11-17(2)29(28-16)21-10-5-4-8-19(21)14-27-23(25-3)26-13-18-7-6-9-20(12-18)31-15-22(24)30;/h4-12H,13-15H2,1-3H3,(H2,24,30)(H2,25,26,27);1H. The molecule has 0 radical (unpaired) electrons. The average Bonchev–Trinajstić information content (AvgIpc) is 3.10. The first kappa shape index (κ1) is 25.2. The van der Waals surface area contributed by atoms with E-state index in [9.17, 15) is 4.79 Å². The van der Waals surface area contributed by atoms with Gasteiger partial charge < -0.3 is 21.1 Å². The van der Waals surface area contributed by atoms with Crippen LogP contribution < -0.4 is 21.1 Å². The van der Waals surface area contributed by atoms with Gasteiger partial charge in [-0.3, -0.25) is 9.79 Å². The fraction of sp³-hybridized carbons (Fsp3) is 0.261. The molecule has 1 aromatic heterocycles. The Morgan fingerprint density at radius 2 is 1.84 bits per heavy atom. The summed E-state index contributed by atoms with van der Waals surface area (Å²) < 4.78 is 7.32. The van der Waals surface area contributed by atoms with Crippen molar-refractivity contribution >= 4 is 35.8 Å². The smallest absolute Gasteiger partial charge is 0.255 e. The third-order valence-corrected chi connectivity index (χ3v) is 4.64. The van der Waals surface area contributed by atoms with Gasteiger partial charge in [-0.2, -0.15) is 5.10 Å². The highest BCUT2D eigenvalue weighted by molar-refractivity contribution is 14.0. The Hall–Kier alpha value is -3.08. The lowest BCUT2D eigenvalue weighted by molar-refractivity contribution is -0.119. The summed E-state index contributed by atoms with van der Waals surface area (Å²) in [6.45, 7) is 5.04. The summed E-state index contributed by atoms with van der Waals surface area (Å²) in [5, 5.41) is 11.2. The topological polar surface area (TPSA) is 107 Å². The van der Waals surface area contributed by atoms with Gasteiger partial charge in [0.1, 0.15) is 5.75 Å². The molecule has 0 aliphatic heterocycles. The molecule has 170 valence electrons. The zero-order valence-corrected chi connectivity index (χ0v) is 20.8. The highest BCUT2D eigenvalue weighted by atomic mass is 127. The van der Waals surface area contributed by atoms with Crippen LogP contribution in [0.3, 0.4) is 0 Å². The molecule has 0 saturated carbocycles. The third-order valence-electron chi connectivity index (χ3n) is 4.64. The Morgan fingerprint density at radius 1 is 1.09 bits per heavy atom. The van der Waals surface area contributed by atoms with Gasteiger partial charge >= 0.3 is 0 Å². The lowest BCUT2D eigenvalue weighted by atomic mass is 10.1. The van der Waals surface area contributed by atoms with Gasteiger partial charge in [-0.05, 0) is 49.2 Å². The number of primary amides is 1. The molecule has 0 bridgehead atoms. The van der Waals surface area contributed by atoms with E-state index in [4.69, 9.17) is 10.5 Å². The van der Waals surface area contributed by atoms with Crippen LogP contribution in [-0.2, 0) is 17.9 Å². The number of carbonyl (C=O) groups is 1. The summed E-state index contributed by atoms with van der Waals surface area (Å²) in [6, 6.07) is 17.7. The Balaban J connectivity index is 0.00000363. The van der Waals surface area contributed by atoms with Gasteiger partial charge in [0.05, 0.1) is 11.4 Å². The van der Waals surface area contributed by atoms with E-state index in [0.717, 1.165) is 28.2 Å². The van der Waals surface area contributed by atoms with Crippen LogP contribution in [-0.4, -0.2) is 35.3 Å². The number of carbonyl (C=O) groups excluding carboxylic acids is 1. The van der Waals surface area contributed by atoms with E-state index in [1.807, 2.05) is 48.9 Å². The van der Waals surface area contributed by atoms with E-state index in [1.165, 1.54) is 0 Å². The summed E-state index contributed by atoms with van der Waals surface area (Å²) >= 11 is 0. The molecule has 0 aliphatic rings. The number of hydrogen-bond acceptors (Lipinski definition) is 4. The maximum atomic E-state index is 10.9. The first-order valence-electron chi connectivity index (χ1n) is 10.0. The first-order chi connectivity index (χ1) is 15.0. The number of aromatic nitrogens is 2. The number of para-hydroxylation sites is 1. The summed E-state index contributed by atoms with van der Waals surface area (Å²) in [5.74, 6) is 0.764. The number of rotatable bonds is 8. The van der Waals surface area contributed by atoms with E-state index in [0.29, 0.717) is 24.8 Å². The second kappa shape index (κ2) is 12.1. The molecule has 0 aliphatic carbocycles. The number of aryl methyl sites for hydroxylation is 2. The van der Waals surface area contributed by atoms with Crippen molar-refractivity contribution < 1.29 is 9.53 Å². The van der Waals surface area contributed by atoms with Crippen LogP contribution in [0.2, 0.25) is 0 Å². The zero-order valence-electron chi connectivity index (χ0n) is 18.5. The maximum Gasteiger partial charge on any atom is 0.255 e. The minimum Gasteiger partial charge on any atom is -0.484 e. The van der Waals surface area contributed by atoms with Crippen LogP contribution in [0.5, 0.6) is 5.75 Å². The summed E-state index contributed by atoms with van der Waals surface area (Å²) in [4.78, 5) is 15.2. The number of amides is 1. The van der Waals surface area contributed by atoms with Gasteiger partial charge in [-0.25, -0.2) is 4.68 Å². The van der Waals surface area contributed by atoms with Crippen molar-refractivity contribution in [3.8, 4) is 11.4 Å². The molecule has 0 fully saturated rings. The zero-order chi connectivity index (χ0) is 22.2. The fourth-order valence-electron chi connectivity index (χ4n) is 3.22.